The van der Waals surface area contributed by atoms with Crippen LogP contribution in [0.2, 0.25) is 0 Å². The third kappa shape index (κ3) is 3.75. The standard InChI is InChI=1S/C31H42N2O2/c1-20(17-32)15-31(7)24(27(2,3)19-34)9-11-30(6)21-8-10-29(5)13-12-28(4,18-33)16-22(29)26(21)23(35)14-25(30)31/h14-15,19,21-22,24,26H,8-13,16H2,1-7H3/b20-15+/t21?,22?,24?,26?,28-,29?,30?,31?/m0/s1. The Hall–Kier alpha value is -2.20. The molecule has 0 saturated heterocycles. The van der Waals surface area contributed by atoms with Crippen LogP contribution < -0.4 is 0 Å². The van der Waals surface area contributed by atoms with Gasteiger partial charge in [-0.15, -0.1) is 0 Å². The normalized spacial score (nSPS) is 45.7. The Balaban J connectivity index is 1.87. The summed E-state index contributed by atoms with van der Waals surface area (Å²) >= 11 is 0. The average molecular weight is 475 g/mol. The van der Waals surface area contributed by atoms with E-state index in [0.29, 0.717) is 5.57 Å². The number of hydrogen-bond donors (Lipinski definition) is 0. The first-order valence-electron chi connectivity index (χ1n) is 13.4. The molecule has 4 rings (SSSR count). The van der Waals surface area contributed by atoms with Crippen LogP contribution in [-0.2, 0) is 9.59 Å². The van der Waals surface area contributed by atoms with E-state index in [4.69, 9.17) is 0 Å². The summed E-state index contributed by atoms with van der Waals surface area (Å²) in [6.07, 6.45) is 11.7. The van der Waals surface area contributed by atoms with E-state index in [1.807, 2.05) is 32.9 Å². The molecule has 0 aromatic rings. The van der Waals surface area contributed by atoms with Gasteiger partial charge in [-0.2, -0.15) is 10.5 Å². The molecule has 0 aromatic heterocycles. The summed E-state index contributed by atoms with van der Waals surface area (Å²) in [6, 6.07) is 4.87. The fourth-order valence-corrected chi connectivity index (χ4v) is 9.12. The smallest absolute Gasteiger partial charge is 0.159 e. The Morgan fingerprint density at radius 1 is 1.06 bits per heavy atom. The van der Waals surface area contributed by atoms with Gasteiger partial charge < -0.3 is 4.79 Å². The third-order valence-electron chi connectivity index (χ3n) is 11.2. The highest BCUT2D eigenvalue weighted by Gasteiger charge is 2.63. The molecule has 0 heterocycles. The van der Waals surface area contributed by atoms with E-state index in [2.05, 4.69) is 39.8 Å². The molecule has 4 aliphatic carbocycles. The van der Waals surface area contributed by atoms with Crippen molar-refractivity contribution in [2.24, 2.45) is 50.7 Å². The van der Waals surface area contributed by atoms with E-state index in [1.54, 1.807) is 0 Å². The van der Waals surface area contributed by atoms with Crippen LogP contribution in [-0.4, -0.2) is 12.1 Å². The number of rotatable bonds is 3. The van der Waals surface area contributed by atoms with Crippen LogP contribution in [0.15, 0.2) is 23.3 Å². The number of carbonyl (C=O) groups excluding carboxylic acids is 2. The number of aldehydes is 1. The molecule has 4 nitrogen and oxygen atoms in total. The number of nitriles is 2. The van der Waals surface area contributed by atoms with Crippen molar-refractivity contribution in [2.75, 3.05) is 0 Å². The van der Waals surface area contributed by atoms with Crippen molar-refractivity contribution in [3.8, 4) is 12.1 Å². The van der Waals surface area contributed by atoms with Crippen LogP contribution in [0.5, 0.6) is 0 Å². The van der Waals surface area contributed by atoms with Crippen molar-refractivity contribution < 1.29 is 9.59 Å². The monoisotopic (exact) mass is 474 g/mol. The predicted molar refractivity (Wildman–Crippen MR) is 137 cm³/mol. The molecule has 0 N–H and O–H groups in total. The Labute approximate surface area is 211 Å². The largest absolute Gasteiger partial charge is 0.303 e. The van der Waals surface area contributed by atoms with E-state index in [9.17, 15) is 20.1 Å². The van der Waals surface area contributed by atoms with Gasteiger partial charge in [0, 0.05) is 22.3 Å². The van der Waals surface area contributed by atoms with Crippen LogP contribution >= 0.6 is 0 Å². The predicted octanol–water partition coefficient (Wildman–Crippen LogP) is 6.98. The minimum atomic E-state index is -0.563. The molecule has 0 spiro atoms. The number of hydrogen-bond acceptors (Lipinski definition) is 4. The molecule has 3 saturated carbocycles. The van der Waals surface area contributed by atoms with Crippen molar-refractivity contribution in [1.82, 2.24) is 0 Å². The molecule has 35 heavy (non-hydrogen) atoms. The van der Waals surface area contributed by atoms with Gasteiger partial charge in [0.05, 0.1) is 17.6 Å². The molecule has 4 aliphatic rings. The summed E-state index contributed by atoms with van der Waals surface area (Å²) < 4.78 is 0. The zero-order chi connectivity index (χ0) is 26.0. The van der Waals surface area contributed by atoms with E-state index in [-0.39, 0.29) is 45.7 Å². The van der Waals surface area contributed by atoms with E-state index >= 15 is 0 Å². The van der Waals surface area contributed by atoms with Gasteiger partial charge in [0.1, 0.15) is 6.29 Å². The molecule has 0 amide bonds. The van der Waals surface area contributed by atoms with Crippen molar-refractivity contribution in [3.05, 3.63) is 23.3 Å². The summed E-state index contributed by atoms with van der Waals surface area (Å²) in [5.41, 5.74) is 0.262. The second kappa shape index (κ2) is 8.16. The molecule has 188 valence electrons. The summed E-state index contributed by atoms with van der Waals surface area (Å²) in [5, 5.41) is 19.6. The lowest BCUT2D eigenvalue weighted by atomic mass is 9.39. The maximum Gasteiger partial charge on any atom is 0.159 e. The summed E-state index contributed by atoms with van der Waals surface area (Å²) in [5.74, 6) is 0.652. The molecule has 7 unspecified atom stereocenters. The van der Waals surface area contributed by atoms with Crippen molar-refractivity contribution in [2.45, 2.75) is 93.4 Å². The Bertz CT molecular complexity index is 1090. The first-order valence-corrected chi connectivity index (χ1v) is 13.4. The van der Waals surface area contributed by atoms with Crippen LogP contribution in [0.4, 0.5) is 0 Å². The molecule has 3 fully saturated rings. The minimum absolute atomic E-state index is 0.0184. The maximum atomic E-state index is 14.1. The summed E-state index contributed by atoms with van der Waals surface area (Å²) in [4.78, 5) is 26.3. The van der Waals surface area contributed by atoms with Gasteiger partial charge in [0.2, 0.25) is 0 Å². The molecule has 8 atom stereocenters. The number of carbonyl (C=O) groups is 2. The van der Waals surface area contributed by atoms with E-state index in [1.165, 1.54) is 0 Å². The lowest BCUT2D eigenvalue weighted by molar-refractivity contribution is -0.143. The van der Waals surface area contributed by atoms with Crippen LogP contribution in [0.3, 0.4) is 0 Å². The average Bonchev–Trinajstić information content (AvgIpc) is 2.80. The number of fused-ring (bicyclic) bond motifs is 5. The van der Waals surface area contributed by atoms with E-state index < -0.39 is 10.8 Å². The van der Waals surface area contributed by atoms with Crippen LogP contribution in [0, 0.1) is 73.4 Å². The van der Waals surface area contributed by atoms with Gasteiger partial charge in [-0.05, 0) is 93.5 Å². The van der Waals surface area contributed by atoms with E-state index in [0.717, 1.165) is 56.8 Å². The topological polar surface area (TPSA) is 81.7 Å². The Kier molecular flexibility index (Phi) is 6.03. The summed E-state index contributed by atoms with van der Waals surface area (Å²) in [6.45, 7) is 14.7. The lowest BCUT2D eigenvalue weighted by Gasteiger charge is -2.64. The quantitative estimate of drug-likeness (QED) is 0.326. The first-order chi connectivity index (χ1) is 16.2. The maximum absolute atomic E-state index is 14.1. The molecule has 0 radical (unpaired) electrons. The zero-order valence-corrected chi connectivity index (χ0v) is 22.7. The fraction of sp³-hybridized carbons (Fsp3) is 0.742. The molecule has 0 aromatic carbocycles. The van der Waals surface area contributed by atoms with Gasteiger partial charge in [-0.25, -0.2) is 0 Å². The van der Waals surface area contributed by atoms with Gasteiger partial charge in [-0.3, -0.25) is 4.79 Å². The highest BCUT2D eigenvalue weighted by Crippen LogP contribution is 2.69. The SMILES string of the molecule is C/C(C#N)=C\C1(C)C2=CC(=O)C3C4C[C@@](C)(C#N)CCC4(C)CCC3C2(C)CCC1C(C)(C)C=O. The first kappa shape index (κ1) is 25.9. The molecule has 0 bridgehead atoms. The number of allylic oxidation sites excluding steroid dienone is 4. The number of ketones is 1. The number of nitrogens with zero attached hydrogens (tertiary/aromatic N) is 2. The zero-order valence-electron chi connectivity index (χ0n) is 22.7. The second-order valence-electron chi connectivity index (χ2n) is 13.9. The fourth-order valence-electron chi connectivity index (χ4n) is 9.12. The van der Waals surface area contributed by atoms with Gasteiger partial charge in [0.15, 0.2) is 5.78 Å². The minimum Gasteiger partial charge on any atom is -0.303 e. The summed E-state index contributed by atoms with van der Waals surface area (Å²) in [7, 11) is 0. The van der Waals surface area contributed by atoms with Crippen LogP contribution in [0.25, 0.3) is 0 Å². The highest BCUT2D eigenvalue weighted by atomic mass is 16.1. The van der Waals surface area contributed by atoms with Gasteiger partial charge in [-0.1, -0.05) is 46.3 Å². The molecule has 4 heteroatoms. The lowest BCUT2D eigenvalue weighted by Crippen LogP contribution is -2.59. The Morgan fingerprint density at radius 2 is 1.74 bits per heavy atom. The third-order valence-corrected chi connectivity index (χ3v) is 11.2. The highest BCUT2D eigenvalue weighted by molar-refractivity contribution is 5.95. The van der Waals surface area contributed by atoms with Gasteiger partial charge in [0.25, 0.3) is 0 Å². The van der Waals surface area contributed by atoms with Crippen molar-refractivity contribution in [3.63, 3.8) is 0 Å². The second-order valence-corrected chi connectivity index (χ2v) is 13.9. The van der Waals surface area contributed by atoms with Crippen molar-refractivity contribution in [1.29, 1.82) is 10.5 Å². The molecular weight excluding hydrogens is 432 g/mol. The van der Waals surface area contributed by atoms with Gasteiger partial charge >= 0.3 is 0 Å². The van der Waals surface area contributed by atoms with Crippen molar-refractivity contribution >= 4 is 12.1 Å². The Morgan fingerprint density at radius 3 is 2.34 bits per heavy atom. The molecule has 0 aliphatic heterocycles. The van der Waals surface area contributed by atoms with Crippen LogP contribution in [0.1, 0.15) is 93.4 Å². The molecular formula is C31H42N2O2.